The summed E-state index contributed by atoms with van der Waals surface area (Å²) in [7, 11) is 2.96. The number of nitrogens with two attached hydrogens (primary N) is 1. The van der Waals surface area contributed by atoms with Gasteiger partial charge in [-0.25, -0.2) is 0 Å². The van der Waals surface area contributed by atoms with Crippen LogP contribution in [0.5, 0.6) is 5.75 Å². The van der Waals surface area contributed by atoms with Gasteiger partial charge >= 0.3 is 5.97 Å². The lowest BCUT2D eigenvalue weighted by Gasteiger charge is -2.26. The number of ether oxygens (including phenoxy) is 2. The summed E-state index contributed by atoms with van der Waals surface area (Å²) in [4.78, 5) is 11.5. The first-order valence-electron chi connectivity index (χ1n) is 7.66. The lowest BCUT2D eigenvalue weighted by atomic mass is 9.84. The highest BCUT2D eigenvalue weighted by Gasteiger charge is 2.25. The molecule has 124 valence electrons. The summed E-state index contributed by atoms with van der Waals surface area (Å²) in [6, 6.07) is 7.18. The van der Waals surface area contributed by atoms with Crippen molar-refractivity contribution in [2.45, 2.75) is 50.7 Å². The molecule has 0 amide bonds. The molecule has 1 aromatic carbocycles. The lowest BCUT2D eigenvalue weighted by Crippen LogP contribution is -2.33. The summed E-state index contributed by atoms with van der Waals surface area (Å²) in [5, 5.41) is 10.1. The van der Waals surface area contributed by atoms with Gasteiger partial charge in [0.25, 0.3) is 0 Å². The van der Waals surface area contributed by atoms with Crippen LogP contribution < -0.4 is 10.5 Å². The van der Waals surface area contributed by atoms with Crippen molar-refractivity contribution in [3.8, 4) is 5.75 Å². The zero-order chi connectivity index (χ0) is 16.5. The molecule has 0 heterocycles. The van der Waals surface area contributed by atoms with E-state index in [2.05, 4.69) is 0 Å². The highest BCUT2D eigenvalue weighted by Crippen LogP contribution is 2.28. The van der Waals surface area contributed by atoms with Gasteiger partial charge in [0.2, 0.25) is 0 Å². The Morgan fingerprint density at radius 2 is 1.91 bits per heavy atom. The normalized spacial score (nSPS) is 15.0. The number of benzene rings is 1. The molecular formula is C17H27NO4. The summed E-state index contributed by atoms with van der Waals surface area (Å²) in [6.45, 7) is 2.03. The van der Waals surface area contributed by atoms with E-state index >= 15 is 0 Å². The Hall–Kier alpha value is -1.59. The van der Waals surface area contributed by atoms with Gasteiger partial charge in [-0.2, -0.15) is 0 Å². The van der Waals surface area contributed by atoms with Crippen molar-refractivity contribution in [1.82, 2.24) is 0 Å². The Morgan fingerprint density at radius 3 is 2.41 bits per heavy atom. The molecule has 0 aliphatic carbocycles. The van der Waals surface area contributed by atoms with Crippen molar-refractivity contribution >= 4 is 5.97 Å². The third kappa shape index (κ3) is 5.66. The average molecular weight is 309 g/mol. The molecule has 0 aromatic heterocycles. The number of aliphatic hydroxyl groups excluding tert-OH is 1. The second kappa shape index (κ2) is 9.43. The first-order valence-corrected chi connectivity index (χ1v) is 7.66. The molecule has 1 aromatic rings. The minimum absolute atomic E-state index is 0.105. The molecule has 0 saturated heterocycles. The second-order valence-electron chi connectivity index (χ2n) is 5.50. The van der Waals surface area contributed by atoms with Crippen LogP contribution in [0.4, 0.5) is 0 Å². The average Bonchev–Trinajstić information content (AvgIpc) is 2.52. The van der Waals surface area contributed by atoms with Crippen LogP contribution in [0.15, 0.2) is 24.3 Å². The summed E-state index contributed by atoms with van der Waals surface area (Å²) >= 11 is 0. The minimum Gasteiger partial charge on any atom is -0.497 e. The van der Waals surface area contributed by atoms with Gasteiger partial charge in [0.05, 0.1) is 26.7 Å². The fourth-order valence-electron chi connectivity index (χ4n) is 2.57. The molecule has 1 rings (SSSR count). The number of rotatable bonds is 9. The molecule has 5 heteroatoms. The molecule has 3 atom stereocenters. The predicted octanol–water partition coefficient (Wildman–Crippen LogP) is 2.22. The topological polar surface area (TPSA) is 81.8 Å². The maximum absolute atomic E-state index is 11.5. The van der Waals surface area contributed by atoms with E-state index in [1.807, 2.05) is 31.2 Å². The molecule has 5 nitrogen and oxygen atoms in total. The van der Waals surface area contributed by atoms with E-state index in [0.717, 1.165) is 24.2 Å². The quantitative estimate of drug-likeness (QED) is 0.684. The highest BCUT2D eigenvalue weighted by molar-refractivity contribution is 5.70. The van der Waals surface area contributed by atoms with Crippen molar-refractivity contribution in [2.24, 2.45) is 5.73 Å². The molecule has 0 saturated carbocycles. The third-order valence-electron chi connectivity index (χ3n) is 3.84. The predicted molar refractivity (Wildman–Crippen MR) is 85.9 cm³/mol. The van der Waals surface area contributed by atoms with Crippen LogP contribution in [0, 0.1) is 0 Å². The van der Waals surface area contributed by atoms with Gasteiger partial charge in [-0.1, -0.05) is 25.5 Å². The van der Waals surface area contributed by atoms with Crippen LogP contribution in [0.1, 0.15) is 44.1 Å². The zero-order valence-electron chi connectivity index (χ0n) is 13.6. The third-order valence-corrected chi connectivity index (χ3v) is 3.84. The van der Waals surface area contributed by atoms with Gasteiger partial charge in [-0.3, -0.25) is 4.79 Å². The number of carbonyl (C=O) groups is 1. The monoisotopic (exact) mass is 309 g/mol. The molecule has 0 radical (unpaired) electrons. The Bertz CT molecular complexity index is 446. The van der Waals surface area contributed by atoms with Crippen LogP contribution in [0.2, 0.25) is 0 Å². The number of hydrogen-bond acceptors (Lipinski definition) is 5. The fourth-order valence-corrected chi connectivity index (χ4v) is 2.57. The summed E-state index contributed by atoms with van der Waals surface area (Å²) in [6.07, 6.45) is 1.85. The SMILES string of the molecule is CCC[C@@H](O)C[C@@H](c1ccc(OC)cc1)[C@H](N)CC(=O)OC. The Kier molecular flexibility index (Phi) is 7.91. The minimum atomic E-state index is -0.430. The fraction of sp³-hybridized carbons (Fsp3) is 0.588. The second-order valence-corrected chi connectivity index (χ2v) is 5.50. The van der Waals surface area contributed by atoms with Gasteiger partial charge in [-0.05, 0) is 30.5 Å². The van der Waals surface area contributed by atoms with Crippen LogP contribution in [0.3, 0.4) is 0 Å². The van der Waals surface area contributed by atoms with E-state index in [1.165, 1.54) is 7.11 Å². The van der Waals surface area contributed by atoms with Crippen LogP contribution in [-0.2, 0) is 9.53 Å². The standard InChI is InChI=1S/C17H27NO4/c1-4-5-13(19)10-15(16(18)11-17(20)22-3)12-6-8-14(21-2)9-7-12/h6-9,13,15-16,19H,4-5,10-11,18H2,1-3H3/t13-,15+,16-/m1/s1. The van der Waals surface area contributed by atoms with Gasteiger partial charge in [0, 0.05) is 12.0 Å². The summed E-state index contributed by atoms with van der Waals surface area (Å²) in [5.74, 6) is 0.320. The molecule has 22 heavy (non-hydrogen) atoms. The van der Waals surface area contributed by atoms with Gasteiger partial charge in [0.1, 0.15) is 5.75 Å². The Morgan fingerprint density at radius 1 is 1.27 bits per heavy atom. The van der Waals surface area contributed by atoms with Crippen molar-refractivity contribution in [3.05, 3.63) is 29.8 Å². The van der Waals surface area contributed by atoms with Gasteiger partial charge in [0.15, 0.2) is 0 Å². The number of esters is 1. The molecule has 0 spiro atoms. The molecular weight excluding hydrogens is 282 g/mol. The highest BCUT2D eigenvalue weighted by atomic mass is 16.5. The maximum Gasteiger partial charge on any atom is 0.307 e. The zero-order valence-corrected chi connectivity index (χ0v) is 13.6. The molecule has 0 bridgehead atoms. The van der Waals surface area contributed by atoms with Gasteiger partial charge in [-0.15, -0.1) is 0 Å². The first kappa shape index (κ1) is 18.5. The maximum atomic E-state index is 11.5. The van der Waals surface area contributed by atoms with E-state index in [9.17, 15) is 9.90 Å². The van der Waals surface area contributed by atoms with Crippen LogP contribution in [0.25, 0.3) is 0 Å². The Labute approximate surface area is 132 Å². The molecule has 3 N–H and O–H groups in total. The van der Waals surface area contributed by atoms with E-state index in [0.29, 0.717) is 6.42 Å². The smallest absolute Gasteiger partial charge is 0.307 e. The molecule has 0 unspecified atom stereocenters. The van der Waals surface area contributed by atoms with Crippen LogP contribution in [-0.4, -0.2) is 37.4 Å². The van der Waals surface area contributed by atoms with Crippen molar-refractivity contribution in [1.29, 1.82) is 0 Å². The van der Waals surface area contributed by atoms with E-state index < -0.39 is 12.1 Å². The number of methoxy groups -OCH3 is 2. The van der Waals surface area contributed by atoms with E-state index in [1.54, 1.807) is 7.11 Å². The Balaban J connectivity index is 2.90. The van der Waals surface area contributed by atoms with Crippen LogP contribution >= 0.6 is 0 Å². The van der Waals surface area contributed by atoms with E-state index in [4.69, 9.17) is 15.2 Å². The van der Waals surface area contributed by atoms with E-state index in [-0.39, 0.29) is 18.3 Å². The van der Waals surface area contributed by atoms with Crippen molar-refractivity contribution < 1.29 is 19.4 Å². The molecule has 0 aliphatic rings. The summed E-state index contributed by atoms with van der Waals surface area (Å²) in [5.41, 5.74) is 7.19. The number of aliphatic hydroxyl groups is 1. The van der Waals surface area contributed by atoms with Crippen molar-refractivity contribution in [3.63, 3.8) is 0 Å². The molecule has 0 aliphatic heterocycles. The lowest BCUT2D eigenvalue weighted by molar-refractivity contribution is -0.141. The summed E-state index contributed by atoms with van der Waals surface area (Å²) < 4.78 is 9.85. The largest absolute Gasteiger partial charge is 0.497 e. The molecule has 0 fully saturated rings. The van der Waals surface area contributed by atoms with Crippen molar-refractivity contribution in [2.75, 3.05) is 14.2 Å². The number of hydrogen-bond donors (Lipinski definition) is 2. The first-order chi connectivity index (χ1) is 10.5. The number of carbonyl (C=O) groups excluding carboxylic acids is 1. The van der Waals surface area contributed by atoms with Gasteiger partial charge < -0.3 is 20.3 Å².